The van der Waals surface area contributed by atoms with Gasteiger partial charge in [0.1, 0.15) is 11.4 Å². The van der Waals surface area contributed by atoms with Gasteiger partial charge in [-0.25, -0.2) is 9.78 Å². The Bertz CT molecular complexity index is 545. The molecule has 0 aliphatic carbocycles. The molecule has 122 valence electrons. The first-order chi connectivity index (χ1) is 10.0. The van der Waals surface area contributed by atoms with Crippen LogP contribution in [0.4, 0.5) is 10.6 Å². The largest absolute Gasteiger partial charge is 0.444 e. The van der Waals surface area contributed by atoms with Crippen LogP contribution in [0.25, 0.3) is 0 Å². The first kappa shape index (κ1) is 18.1. The van der Waals surface area contributed by atoms with Gasteiger partial charge in [0.05, 0.1) is 5.56 Å². The summed E-state index contributed by atoms with van der Waals surface area (Å²) in [5.41, 5.74) is -0.279. The minimum absolute atomic E-state index is 0.0361. The summed E-state index contributed by atoms with van der Waals surface area (Å²) in [6.07, 6.45) is 2.22. The monoisotopic (exact) mass is 306 g/mol. The number of aromatic nitrogens is 1. The van der Waals surface area contributed by atoms with E-state index in [2.05, 4.69) is 17.2 Å². The van der Waals surface area contributed by atoms with Crippen molar-refractivity contribution in [2.75, 3.05) is 5.32 Å². The molecule has 1 aromatic rings. The van der Waals surface area contributed by atoms with E-state index in [0.29, 0.717) is 12.0 Å². The van der Waals surface area contributed by atoms with Crippen LogP contribution < -0.4 is 5.32 Å². The zero-order chi connectivity index (χ0) is 17.0. The van der Waals surface area contributed by atoms with Crippen molar-refractivity contribution in [1.82, 2.24) is 4.98 Å². The Morgan fingerprint density at radius 2 is 1.86 bits per heavy atom. The highest BCUT2D eigenvalue weighted by atomic mass is 16.6. The summed E-state index contributed by atoms with van der Waals surface area (Å²) in [5.74, 6) is 0.208. The van der Waals surface area contributed by atoms with Crippen molar-refractivity contribution >= 4 is 17.7 Å². The molecule has 5 heteroatoms. The molecule has 0 saturated heterocycles. The lowest BCUT2D eigenvalue weighted by molar-refractivity contribution is 0.0635. The van der Waals surface area contributed by atoms with Crippen molar-refractivity contribution in [3.63, 3.8) is 0 Å². The number of nitrogens with one attached hydrogen (secondary N) is 1. The zero-order valence-electron chi connectivity index (χ0n) is 14.3. The minimum atomic E-state index is -0.616. The fourth-order valence-corrected chi connectivity index (χ4v) is 1.79. The second-order valence-electron chi connectivity index (χ2n) is 7.14. The summed E-state index contributed by atoms with van der Waals surface area (Å²) in [6.45, 7) is 11.5. The normalized spacial score (nSPS) is 11.9. The second-order valence-corrected chi connectivity index (χ2v) is 7.14. The van der Waals surface area contributed by atoms with Gasteiger partial charge in [-0.05, 0) is 38.3 Å². The van der Waals surface area contributed by atoms with Crippen LogP contribution in [0.15, 0.2) is 18.3 Å². The number of hydrogen-bond donors (Lipinski definition) is 1. The number of ketones is 1. The van der Waals surface area contributed by atoms with E-state index in [4.69, 9.17) is 4.74 Å². The molecule has 0 atom stereocenters. The predicted molar refractivity (Wildman–Crippen MR) is 87.1 cm³/mol. The van der Waals surface area contributed by atoms with Crippen molar-refractivity contribution < 1.29 is 14.3 Å². The number of hydrogen-bond acceptors (Lipinski definition) is 4. The fourth-order valence-electron chi connectivity index (χ4n) is 1.79. The molecule has 0 radical (unpaired) electrons. The van der Waals surface area contributed by atoms with Gasteiger partial charge in [-0.1, -0.05) is 27.2 Å². The first-order valence-corrected chi connectivity index (χ1v) is 7.52. The topological polar surface area (TPSA) is 68.3 Å². The molecule has 1 heterocycles. The number of Topliss-reactive ketones (excluding diaryl/α,β-unsaturated/α-hetero) is 1. The summed E-state index contributed by atoms with van der Waals surface area (Å²) in [7, 11) is 0. The van der Waals surface area contributed by atoms with Crippen molar-refractivity contribution in [3.8, 4) is 0 Å². The molecule has 0 fully saturated rings. The quantitative estimate of drug-likeness (QED) is 0.817. The van der Waals surface area contributed by atoms with Crippen molar-refractivity contribution in [3.05, 3.63) is 23.9 Å². The molecular weight excluding hydrogens is 280 g/mol. The van der Waals surface area contributed by atoms with Gasteiger partial charge in [-0.2, -0.15) is 0 Å². The highest BCUT2D eigenvalue weighted by Crippen LogP contribution is 2.28. The third-order valence-corrected chi connectivity index (χ3v) is 3.32. The molecular formula is C17H26N2O3. The summed E-state index contributed by atoms with van der Waals surface area (Å²) in [4.78, 5) is 28.4. The van der Waals surface area contributed by atoms with Gasteiger partial charge in [0, 0.05) is 12.6 Å². The van der Waals surface area contributed by atoms with E-state index in [-0.39, 0.29) is 17.0 Å². The average Bonchev–Trinajstić information content (AvgIpc) is 2.36. The fraction of sp³-hybridized carbons (Fsp3) is 0.588. The number of nitrogens with zero attached hydrogens (tertiary/aromatic N) is 1. The highest BCUT2D eigenvalue weighted by Gasteiger charge is 2.24. The number of anilines is 1. The molecule has 1 amide bonds. The third-order valence-electron chi connectivity index (χ3n) is 3.32. The minimum Gasteiger partial charge on any atom is -0.444 e. The van der Waals surface area contributed by atoms with Crippen LogP contribution in [-0.2, 0) is 4.74 Å². The number of pyridine rings is 1. The second kappa shape index (κ2) is 6.90. The molecule has 1 N–H and O–H groups in total. The molecule has 0 saturated carbocycles. The summed E-state index contributed by atoms with van der Waals surface area (Å²) in [5, 5.41) is 2.56. The predicted octanol–water partition coefficient (Wildman–Crippen LogP) is 4.44. The molecule has 0 unspecified atom stereocenters. The first-order valence-electron chi connectivity index (χ1n) is 7.52. The van der Waals surface area contributed by atoms with Crippen LogP contribution in [0.2, 0.25) is 0 Å². The maximum atomic E-state index is 12.5. The Morgan fingerprint density at radius 1 is 1.23 bits per heavy atom. The maximum Gasteiger partial charge on any atom is 0.413 e. The average molecular weight is 306 g/mol. The number of rotatable bonds is 5. The molecule has 0 aromatic carbocycles. The smallest absolute Gasteiger partial charge is 0.413 e. The van der Waals surface area contributed by atoms with Gasteiger partial charge in [0.2, 0.25) is 0 Å². The lowest BCUT2D eigenvalue weighted by atomic mass is 9.83. The van der Waals surface area contributed by atoms with Crippen molar-refractivity contribution in [2.45, 2.75) is 60.0 Å². The molecule has 0 bridgehead atoms. The van der Waals surface area contributed by atoms with E-state index in [1.807, 2.05) is 13.8 Å². The van der Waals surface area contributed by atoms with E-state index in [1.165, 1.54) is 6.20 Å². The van der Waals surface area contributed by atoms with Gasteiger partial charge in [0.25, 0.3) is 0 Å². The maximum absolute atomic E-state index is 12.5. The molecule has 0 aliphatic rings. The Morgan fingerprint density at radius 3 is 2.41 bits per heavy atom. The molecule has 0 spiro atoms. The lowest BCUT2D eigenvalue weighted by Crippen LogP contribution is -2.28. The van der Waals surface area contributed by atoms with Crippen LogP contribution >= 0.6 is 0 Å². The van der Waals surface area contributed by atoms with E-state index in [9.17, 15) is 9.59 Å². The number of amides is 1. The van der Waals surface area contributed by atoms with Crippen LogP contribution in [0, 0.1) is 5.41 Å². The summed E-state index contributed by atoms with van der Waals surface area (Å²) >= 11 is 0. The highest BCUT2D eigenvalue weighted by molar-refractivity contribution is 6.03. The number of carbonyl (C=O) groups excluding carboxylic acids is 2. The van der Waals surface area contributed by atoms with E-state index in [1.54, 1.807) is 32.9 Å². The number of ether oxygens (including phenoxy) is 1. The van der Waals surface area contributed by atoms with E-state index in [0.717, 1.165) is 6.42 Å². The molecule has 1 aromatic heterocycles. The van der Waals surface area contributed by atoms with Crippen LogP contribution in [0.5, 0.6) is 0 Å². The lowest BCUT2D eigenvalue weighted by Gasteiger charge is -2.22. The van der Waals surface area contributed by atoms with Gasteiger partial charge < -0.3 is 4.74 Å². The molecule has 0 aliphatic heterocycles. The van der Waals surface area contributed by atoms with E-state index < -0.39 is 11.7 Å². The Hall–Kier alpha value is -1.91. The summed E-state index contributed by atoms with van der Waals surface area (Å²) in [6, 6.07) is 3.36. The van der Waals surface area contributed by atoms with Gasteiger partial charge >= 0.3 is 6.09 Å². The Labute approximate surface area is 132 Å². The molecule has 22 heavy (non-hydrogen) atoms. The van der Waals surface area contributed by atoms with Crippen LogP contribution in [0.3, 0.4) is 0 Å². The summed E-state index contributed by atoms with van der Waals surface area (Å²) < 4.78 is 5.20. The Kier molecular flexibility index (Phi) is 5.69. The SMILES string of the molecule is CCC(C)(C)CC(=O)c1cccnc1NC(=O)OC(C)(C)C. The molecule has 5 nitrogen and oxygen atoms in total. The van der Waals surface area contributed by atoms with E-state index >= 15 is 0 Å². The molecule has 1 rings (SSSR count). The van der Waals surface area contributed by atoms with Gasteiger partial charge in [-0.15, -0.1) is 0 Å². The van der Waals surface area contributed by atoms with Crippen molar-refractivity contribution in [2.24, 2.45) is 5.41 Å². The number of carbonyl (C=O) groups is 2. The zero-order valence-corrected chi connectivity index (χ0v) is 14.3. The van der Waals surface area contributed by atoms with Crippen molar-refractivity contribution in [1.29, 1.82) is 0 Å². The van der Waals surface area contributed by atoms with Crippen LogP contribution in [0.1, 0.15) is 64.7 Å². The van der Waals surface area contributed by atoms with Crippen LogP contribution in [-0.4, -0.2) is 22.5 Å². The standard InChI is InChI=1S/C17H26N2O3/c1-7-17(5,6)11-13(20)12-9-8-10-18-14(12)19-15(21)22-16(2,3)4/h8-10H,7,11H2,1-6H3,(H,18,19,21). The van der Waals surface area contributed by atoms with Gasteiger partial charge in [0.15, 0.2) is 5.78 Å². The van der Waals surface area contributed by atoms with Gasteiger partial charge in [-0.3, -0.25) is 10.1 Å². The third kappa shape index (κ3) is 5.84. The Balaban J connectivity index is 2.90.